The Hall–Kier alpha value is -1.45. The summed E-state index contributed by atoms with van der Waals surface area (Å²) in [6.07, 6.45) is 4.86. The highest BCUT2D eigenvalue weighted by atomic mass is 32.1. The van der Waals surface area contributed by atoms with Gasteiger partial charge in [0.25, 0.3) is 0 Å². The predicted octanol–water partition coefficient (Wildman–Crippen LogP) is 4.32. The fraction of sp³-hybridized carbons (Fsp3) is 0.421. The molecule has 116 valence electrons. The zero-order chi connectivity index (χ0) is 15.5. The molecule has 1 heterocycles. The van der Waals surface area contributed by atoms with Crippen LogP contribution in [-0.4, -0.2) is 30.1 Å². The zero-order valence-corrected chi connectivity index (χ0v) is 14.3. The van der Waals surface area contributed by atoms with Crippen molar-refractivity contribution in [3.8, 4) is 11.3 Å². The molecular formula is C19H24N2S. The minimum Gasteiger partial charge on any atom is -0.343 e. The molecule has 3 heteroatoms. The van der Waals surface area contributed by atoms with Crippen LogP contribution in [0.1, 0.15) is 24.1 Å². The molecule has 0 saturated heterocycles. The number of rotatable bonds is 4. The van der Waals surface area contributed by atoms with E-state index >= 15 is 0 Å². The SMILES string of the molecule is CN(C)CCn1c(-c2ccccc2)cc(=S)c2c1CCCC2. The smallest absolute Gasteiger partial charge is 0.0496 e. The molecule has 1 aromatic heterocycles. The fourth-order valence-corrected chi connectivity index (χ4v) is 3.62. The maximum Gasteiger partial charge on any atom is 0.0496 e. The van der Waals surface area contributed by atoms with Crippen LogP contribution in [0.15, 0.2) is 36.4 Å². The van der Waals surface area contributed by atoms with E-state index in [2.05, 4.69) is 60.0 Å². The van der Waals surface area contributed by atoms with E-state index in [1.807, 2.05) is 0 Å². The summed E-state index contributed by atoms with van der Waals surface area (Å²) in [4.78, 5) is 2.25. The van der Waals surface area contributed by atoms with Crippen molar-refractivity contribution >= 4 is 12.2 Å². The number of fused-ring (bicyclic) bond motifs is 1. The van der Waals surface area contributed by atoms with Crippen LogP contribution in [0, 0.1) is 4.51 Å². The van der Waals surface area contributed by atoms with Gasteiger partial charge in [-0.25, -0.2) is 0 Å². The van der Waals surface area contributed by atoms with Gasteiger partial charge in [0.15, 0.2) is 0 Å². The molecule has 2 aromatic rings. The molecule has 0 atom stereocenters. The lowest BCUT2D eigenvalue weighted by Gasteiger charge is -2.26. The Morgan fingerprint density at radius 3 is 2.55 bits per heavy atom. The van der Waals surface area contributed by atoms with E-state index in [0.717, 1.165) is 30.4 Å². The fourth-order valence-electron chi connectivity index (χ4n) is 3.29. The van der Waals surface area contributed by atoms with E-state index < -0.39 is 0 Å². The van der Waals surface area contributed by atoms with E-state index in [-0.39, 0.29) is 0 Å². The Bertz CT molecular complexity index is 701. The second-order valence-corrected chi connectivity index (χ2v) is 6.79. The van der Waals surface area contributed by atoms with Gasteiger partial charge in [-0.1, -0.05) is 42.5 Å². The molecule has 0 spiro atoms. The van der Waals surface area contributed by atoms with Gasteiger partial charge in [-0.3, -0.25) is 0 Å². The number of pyridine rings is 1. The molecule has 0 radical (unpaired) electrons. The number of benzene rings is 1. The lowest BCUT2D eigenvalue weighted by atomic mass is 9.94. The Morgan fingerprint density at radius 1 is 1.09 bits per heavy atom. The van der Waals surface area contributed by atoms with Crippen molar-refractivity contribution in [2.45, 2.75) is 32.2 Å². The molecule has 0 bridgehead atoms. The van der Waals surface area contributed by atoms with Crippen molar-refractivity contribution in [2.75, 3.05) is 20.6 Å². The molecule has 0 saturated carbocycles. The van der Waals surface area contributed by atoms with E-state index in [9.17, 15) is 0 Å². The highest BCUT2D eigenvalue weighted by molar-refractivity contribution is 7.71. The first-order valence-corrected chi connectivity index (χ1v) is 8.53. The zero-order valence-electron chi connectivity index (χ0n) is 13.5. The molecule has 1 aliphatic carbocycles. The molecule has 2 nitrogen and oxygen atoms in total. The molecule has 1 aliphatic rings. The maximum atomic E-state index is 5.70. The van der Waals surface area contributed by atoms with Gasteiger partial charge in [-0.05, 0) is 57.0 Å². The quantitative estimate of drug-likeness (QED) is 0.777. The summed E-state index contributed by atoms with van der Waals surface area (Å²) in [5, 5.41) is 0. The Kier molecular flexibility index (Phi) is 4.74. The summed E-state index contributed by atoms with van der Waals surface area (Å²) in [5.74, 6) is 0. The highest BCUT2D eigenvalue weighted by Crippen LogP contribution is 2.29. The Morgan fingerprint density at radius 2 is 1.82 bits per heavy atom. The normalized spacial score (nSPS) is 14.1. The first-order valence-electron chi connectivity index (χ1n) is 8.12. The van der Waals surface area contributed by atoms with Crippen LogP contribution in [0.5, 0.6) is 0 Å². The number of hydrogen-bond donors (Lipinski definition) is 0. The topological polar surface area (TPSA) is 8.17 Å². The van der Waals surface area contributed by atoms with Gasteiger partial charge >= 0.3 is 0 Å². The van der Waals surface area contributed by atoms with E-state index in [1.54, 1.807) is 0 Å². The third-order valence-electron chi connectivity index (χ3n) is 4.46. The van der Waals surface area contributed by atoms with E-state index in [0.29, 0.717) is 0 Å². The summed E-state index contributed by atoms with van der Waals surface area (Å²) in [5.41, 5.74) is 5.42. The van der Waals surface area contributed by atoms with Crippen molar-refractivity contribution in [3.63, 3.8) is 0 Å². The van der Waals surface area contributed by atoms with Crippen LogP contribution < -0.4 is 0 Å². The largest absolute Gasteiger partial charge is 0.343 e. The van der Waals surface area contributed by atoms with Gasteiger partial charge in [0.2, 0.25) is 0 Å². The Balaban J connectivity index is 2.15. The molecular weight excluding hydrogens is 288 g/mol. The van der Waals surface area contributed by atoms with Crippen LogP contribution >= 0.6 is 12.2 Å². The van der Waals surface area contributed by atoms with Crippen molar-refractivity contribution in [2.24, 2.45) is 0 Å². The van der Waals surface area contributed by atoms with Crippen LogP contribution in [0.2, 0.25) is 0 Å². The molecule has 0 N–H and O–H groups in total. The number of aromatic nitrogens is 1. The monoisotopic (exact) mass is 312 g/mol. The van der Waals surface area contributed by atoms with Gasteiger partial charge in [-0.2, -0.15) is 0 Å². The lowest BCUT2D eigenvalue weighted by Crippen LogP contribution is -2.23. The van der Waals surface area contributed by atoms with Crippen molar-refractivity contribution in [3.05, 3.63) is 52.2 Å². The summed E-state index contributed by atoms with van der Waals surface area (Å²) in [6.45, 7) is 2.07. The number of likely N-dealkylation sites (N-methyl/N-ethyl adjacent to an activating group) is 1. The van der Waals surface area contributed by atoms with Gasteiger partial charge in [0, 0.05) is 29.0 Å². The number of nitrogens with zero attached hydrogens (tertiary/aromatic N) is 2. The summed E-state index contributed by atoms with van der Waals surface area (Å²) >= 11 is 5.70. The van der Waals surface area contributed by atoms with Gasteiger partial charge < -0.3 is 9.47 Å². The maximum absolute atomic E-state index is 5.70. The minimum atomic E-state index is 1.02. The summed E-state index contributed by atoms with van der Waals surface area (Å²) in [7, 11) is 4.27. The van der Waals surface area contributed by atoms with Gasteiger partial charge in [-0.15, -0.1) is 0 Å². The molecule has 0 unspecified atom stereocenters. The van der Waals surface area contributed by atoms with Gasteiger partial charge in [0.05, 0.1) is 0 Å². The summed E-state index contributed by atoms with van der Waals surface area (Å²) in [6, 6.07) is 12.9. The third-order valence-corrected chi connectivity index (χ3v) is 4.83. The van der Waals surface area contributed by atoms with Gasteiger partial charge in [0.1, 0.15) is 0 Å². The van der Waals surface area contributed by atoms with Crippen LogP contribution in [0.4, 0.5) is 0 Å². The third kappa shape index (κ3) is 3.16. The minimum absolute atomic E-state index is 1.02. The first-order chi connectivity index (χ1) is 10.7. The van der Waals surface area contributed by atoms with Crippen molar-refractivity contribution in [1.82, 2.24) is 9.47 Å². The molecule has 1 aromatic carbocycles. The lowest BCUT2D eigenvalue weighted by molar-refractivity contribution is 0.379. The van der Waals surface area contributed by atoms with E-state index in [4.69, 9.17) is 12.2 Å². The van der Waals surface area contributed by atoms with E-state index in [1.165, 1.54) is 35.4 Å². The Labute approximate surface area is 138 Å². The molecule has 3 rings (SSSR count). The van der Waals surface area contributed by atoms with Crippen LogP contribution in [0.25, 0.3) is 11.3 Å². The highest BCUT2D eigenvalue weighted by Gasteiger charge is 2.17. The molecule has 22 heavy (non-hydrogen) atoms. The molecule has 0 amide bonds. The summed E-state index contributed by atoms with van der Waals surface area (Å²) < 4.78 is 3.56. The first kappa shape index (κ1) is 15.4. The second kappa shape index (κ2) is 6.76. The molecule has 0 fully saturated rings. The van der Waals surface area contributed by atoms with Crippen LogP contribution in [-0.2, 0) is 19.4 Å². The van der Waals surface area contributed by atoms with Crippen LogP contribution in [0.3, 0.4) is 0 Å². The van der Waals surface area contributed by atoms with Crippen molar-refractivity contribution in [1.29, 1.82) is 0 Å². The molecule has 0 aliphatic heterocycles. The van der Waals surface area contributed by atoms with Crippen molar-refractivity contribution < 1.29 is 0 Å². The average molecular weight is 312 g/mol. The second-order valence-electron chi connectivity index (χ2n) is 6.35. The number of hydrogen-bond acceptors (Lipinski definition) is 2. The standard InChI is InChI=1S/C19H24N2S/c1-20(2)12-13-21-17-11-7-6-10-16(17)19(22)14-18(21)15-8-4-3-5-9-15/h3-5,8-9,14H,6-7,10-13H2,1-2H3. The predicted molar refractivity (Wildman–Crippen MR) is 95.9 cm³/mol. The average Bonchev–Trinajstić information content (AvgIpc) is 2.54.